The zero-order valence-electron chi connectivity index (χ0n) is 23.3. The molecule has 0 spiro atoms. The molecule has 6 amide bonds. The zero-order chi connectivity index (χ0) is 27.7. The van der Waals surface area contributed by atoms with E-state index in [9.17, 15) is 28.8 Å². The van der Waals surface area contributed by atoms with Gasteiger partial charge in [0.25, 0.3) is 0 Å². The van der Waals surface area contributed by atoms with Crippen LogP contribution in [0.1, 0.15) is 90.0 Å². The summed E-state index contributed by atoms with van der Waals surface area (Å²) in [5, 5.41) is 0. The average molecular weight is 472 g/mol. The number of imide groups is 3. The summed E-state index contributed by atoms with van der Waals surface area (Å²) in [5.41, 5.74) is -1.35. The van der Waals surface area contributed by atoms with E-state index in [1.54, 1.807) is 41.5 Å². The van der Waals surface area contributed by atoms with Crippen LogP contribution in [-0.2, 0) is 28.8 Å². The molecule has 33 heavy (non-hydrogen) atoms. The molecule has 0 aromatic heterocycles. The van der Waals surface area contributed by atoms with Crippen LogP contribution in [0.15, 0.2) is 0 Å². The maximum Gasteiger partial charge on any atom is 0.234 e. The first-order valence-corrected chi connectivity index (χ1v) is 10.7. The van der Waals surface area contributed by atoms with Gasteiger partial charge in [0.15, 0.2) is 0 Å². The molecule has 0 radical (unpaired) electrons. The van der Waals surface area contributed by atoms with E-state index in [-0.39, 0.29) is 35.4 Å². The average Bonchev–Trinajstić information content (AvgIpc) is 2.56. The van der Waals surface area contributed by atoms with E-state index in [0.29, 0.717) is 0 Å². The Labute approximate surface area is 199 Å². The SMILES string of the molecule is CC(=O)N(C(C)=O)C(C)(C)C.CC(=O)N(C)C(=O)C(C)(C)C.CC(=O)N(C)C(=O)C(C)(C)C. The van der Waals surface area contributed by atoms with Crippen molar-refractivity contribution < 1.29 is 28.8 Å². The largest absolute Gasteiger partial charge is 0.286 e. The van der Waals surface area contributed by atoms with Crippen LogP contribution in [0.4, 0.5) is 0 Å². The van der Waals surface area contributed by atoms with Crippen molar-refractivity contribution in [3.05, 3.63) is 0 Å². The molecule has 0 atom stereocenters. The van der Waals surface area contributed by atoms with Crippen LogP contribution >= 0.6 is 0 Å². The molecule has 0 aliphatic carbocycles. The second-order valence-corrected chi connectivity index (χ2v) is 10.8. The fourth-order valence-electron chi connectivity index (χ4n) is 2.46. The molecule has 0 saturated carbocycles. The highest BCUT2D eigenvalue weighted by molar-refractivity contribution is 5.97. The van der Waals surface area contributed by atoms with Gasteiger partial charge in [0.1, 0.15) is 0 Å². The predicted octanol–water partition coefficient (Wildman–Crippen LogP) is 3.25. The Morgan fingerprint density at radius 1 is 0.455 bits per heavy atom. The maximum absolute atomic E-state index is 11.3. The molecule has 0 heterocycles. The molecule has 0 saturated heterocycles. The lowest BCUT2D eigenvalue weighted by Gasteiger charge is -2.31. The molecular weight excluding hydrogens is 426 g/mol. The monoisotopic (exact) mass is 471 g/mol. The minimum Gasteiger partial charge on any atom is -0.286 e. The van der Waals surface area contributed by atoms with Crippen molar-refractivity contribution in [2.75, 3.05) is 14.1 Å². The van der Waals surface area contributed by atoms with Crippen LogP contribution in [0.25, 0.3) is 0 Å². The van der Waals surface area contributed by atoms with Crippen LogP contribution in [-0.4, -0.2) is 69.8 Å². The first kappa shape index (κ1) is 35.0. The molecule has 0 aromatic carbocycles. The van der Waals surface area contributed by atoms with Crippen molar-refractivity contribution in [1.82, 2.24) is 14.7 Å². The summed E-state index contributed by atoms with van der Waals surface area (Å²) in [6.07, 6.45) is 0. The summed E-state index contributed by atoms with van der Waals surface area (Å²) in [6.45, 7) is 21.8. The fraction of sp³-hybridized carbons (Fsp3) is 0.750. The van der Waals surface area contributed by atoms with E-state index in [0.717, 1.165) is 9.80 Å². The number of amides is 6. The minimum absolute atomic E-state index is 0.148. The second-order valence-electron chi connectivity index (χ2n) is 10.8. The number of rotatable bonds is 0. The van der Waals surface area contributed by atoms with E-state index in [1.807, 2.05) is 20.8 Å². The molecule has 192 valence electrons. The van der Waals surface area contributed by atoms with Gasteiger partial charge >= 0.3 is 0 Å². The molecule has 0 fully saturated rings. The lowest BCUT2D eigenvalue weighted by molar-refractivity contribution is -0.149. The van der Waals surface area contributed by atoms with Crippen molar-refractivity contribution in [3.63, 3.8) is 0 Å². The molecule has 0 N–H and O–H groups in total. The highest BCUT2D eigenvalue weighted by atomic mass is 16.2. The number of hydrogen-bond donors (Lipinski definition) is 0. The van der Waals surface area contributed by atoms with Gasteiger partial charge in [0.2, 0.25) is 35.4 Å². The van der Waals surface area contributed by atoms with Gasteiger partial charge in [0, 0.05) is 58.2 Å². The number of nitrogens with zero attached hydrogens (tertiary/aromatic N) is 3. The van der Waals surface area contributed by atoms with Gasteiger partial charge in [-0.25, -0.2) is 0 Å². The van der Waals surface area contributed by atoms with E-state index in [1.165, 1.54) is 46.7 Å². The number of hydrogen-bond acceptors (Lipinski definition) is 6. The summed E-state index contributed by atoms with van der Waals surface area (Å²) >= 11 is 0. The van der Waals surface area contributed by atoms with E-state index in [4.69, 9.17) is 0 Å². The maximum atomic E-state index is 11.3. The fourth-order valence-corrected chi connectivity index (χ4v) is 2.46. The lowest BCUT2D eigenvalue weighted by atomic mass is 9.95. The van der Waals surface area contributed by atoms with Crippen LogP contribution in [0.5, 0.6) is 0 Å². The van der Waals surface area contributed by atoms with Crippen molar-refractivity contribution in [2.24, 2.45) is 10.8 Å². The Morgan fingerprint density at radius 3 is 0.697 bits per heavy atom. The van der Waals surface area contributed by atoms with Gasteiger partial charge < -0.3 is 0 Å². The third-order valence-electron chi connectivity index (χ3n) is 4.14. The van der Waals surface area contributed by atoms with Gasteiger partial charge in [-0.2, -0.15) is 0 Å². The van der Waals surface area contributed by atoms with Crippen molar-refractivity contribution in [1.29, 1.82) is 0 Å². The normalized spacial score (nSPS) is 11.0. The Balaban J connectivity index is -0.000000409. The van der Waals surface area contributed by atoms with Gasteiger partial charge in [0.05, 0.1) is 0 Å². The van der Waals surface area contributed by atoms with Crippen LogP contribution < -0.4 is 0 Å². The molecule has 0 bridgehead atoms. The molecule has 0 aliphatic rings. The molecule has 9 nitrogen and oxygen atoms in total. The van der Waals surface area contributed by atoms with Crippen LogP contribution in [0.2, 0.25) is 0 Å². The first-order valence-electron chi connectivity index (χ1n) is 10.7. The second kappa shape index (κ2) is 13.2. The predicted molar refractivity (Wildman–Crippen MR) is 129 cm³/mol. The van der Waals surface area contributed by atoms with Crippen LogP contribution in [0, 0.1) is 10.8 Å². The Bertz CT molecular complexity index is 681. The van der Waals surface area contributed by atoms with E-state index in [2.05, 4.69) is 0 Å². The molecule has 0 aromatic rings. The lowest BCUT2D eigenvalue weighted by Crippen LogP contribution is -2.47. The molecule has 0 aliphatic heterocycles. The van der Waals surface area contributed by atoms with E-state index < -0.39 is 16.4 Å². The Morgan fingerprint density at radius 2 is 0.667 bits per heavy atom. The summed E-state index contributed by atoms with van der Waals surface area (Å²) in [7, 11) is 2.99. The van der Waals surface area contributed by atoms with Crippen molar-refractivity contribution in [2.45, 2.75) is 95.5 Å². The smallest absolute Gasteiger partial charge is 0.234 e. The third kappa shape index (κ3) is 14.2. The Kier molecular flexibility index (Phi) is 14.0. The van der Waals surface area contributed by atoms with Crippen molar-refractivity contribution >= 4 is 35.4 Å². The standard InChI is InChI=1S/3C8H15NO2/c2*1-6(10)9(5)7(11)8(2,3)4;1-6(10)9(7(2)11)8(3,4)5/h3*1-5H3. The molecular formula is C24H45N3O6. The quantitative estimate of drug-likeness (QED) is 0.536. The number of carbonyl (C=O) groups is 6. The Hall–Kier alpha value is -2.58. The van der Waals surface area contributed by atoms with Crippen molar-refractivity contribution in [3.8, 4) is 0 Å². The zero-order valence-corrected chi connectivity index (χ0v) is 23.3. The highest BCUT2D eigenvalue weighted by Crippen LogP contribution is 2.17. The summed E-state index contributed by atoms with van der Waals surface area (Å²) in [4.78, 5) is 69.5. The van der Waals surface area contributed by atoms with Gasteiger partial charge in [-0.15, -0.1) is 0 Å². The highest BCUT2D eigenvalue weighted by Gasteiger charge is 2.28. The van der Waals surface area contributed by atoms with E-state index >= 15 is 0 Å². The third-order valence-corrected chi connectivity index (χ3v) is 4.14. The summed E-state index contributed by atoms with van der Waals surface area (Å²) < 4.78 is 0. The first-order chi connectivity index (χ1) is 14.3. The topological polar surface area (TPSA) is 112 Å². The summed E-state index contributed by atoms with van der Waals surface area (Å²) in [6, 6.07) is 0. The number of carbonyl (C=O) groups excluding carboxylic acids is 6. The molecule has 0 rings (SSSR count). The minimum atomic E-state index is -0.472. The van der Waals surface area contributed by atoms with Gasteiger partial charge in [-0.3, -0.25) is 43.5 Å². The van der Waals surface area contributed by atoms with Crippen LogP contribution in [0.3, 0.4) is 0 Å². The van der Waals surface area contributed by atoms with Gasteiger partial charge in [-0.05, 0) is 20.8 Å². The van der Waals surface area contributed by atoms with Gasteiger partial charge in [-0.1, -0.05) is 41.5 Å². The molecule has 0 unspecified atom stereocenters. The summed E-state index contributed by atoms with van der Waals surface area (Å²) in [5.74, 6) is -1.14. The molecule has 9 heteroatoms.